The van der Waals surface area contributed by atoms with Crippen LogP contribution >= 0.6 is 0 Å². The number of nitrogens with zero attached hydrogens (tertiary/aromatic N) is 1. The van der Waals surface area contributed by atoms with Gasteiger partial charge in [0.25, 0.3) is 0 Å². The quantitative estimate of drug-likeness (QED) is 0.639. The number of aliphatic carboxylic acids is 1. The summed E-state index contributed by atoms with van der Waals surface area (Å²) in [6.45, 7) is 5.68. The van der Waals surface area contributed by atoms with E-state index in [0.717, 1.165) is 50.4 Å². The molecule has 4 heteroatoms. The summed E-state index contributed by atoms with van der Waals surface area (Å²) in [5.74, 6) is -1.35. The molecule has 0 amide bonds. The second-order valence-electron chi connectivity index (χ2n) is 6.87. The van der Waals surface area contributed by atoms with E-state index in [0.29, 0.717) is 11.1 Å². The van der Waals surface area contributed by atoms with Gasteiger partial charge in [0, 0.05) is 24.9 Å². The monoisotopic (exact) mass is 341 g/mol. The van der Waals surface area contributed by atoms with E-state index in [1.807, 2.05) is 0 Å². The Balaban J connectivity index is 1.93. The molecule has 3 nitrogen and oxygen atoms in total. The number of aryl methyl sites for hydroxylation is 2. The Kier molecular flexibility index (Phi) is 5.07. The number of carboxylic acid groups (broad SMARTS) is 1. The second-order valence-corrected chi connectivity index (χ2v) is 6.87. The van der Waals surface area contributed by atoms with Crippen LogP contribution in [0.1, 0.15) is 43.4 Å². The molecule has 2 heterocycles. The Morgan fingerprint density at radius 3 is 2.28 bits per heavy atom. The molecule has 2 aliphatic rings. The van der Waals surface area contributed by atoms with Gasteiger partial charge in [-0.15, -0.1) is 0 Å². The molecule has 0 atom stereocenters. The normalized spacial score (nSPS) is 18.2. The Labute approximate surface area is 148 Å². The van der Waals surface area contributed by atoms with Gasteiger partial charge in [0.15, 0.2) is 0 Å². The number of hydrogen-bond donors (Lipinski definition) is 1. The van der Waals surface area contributed by atoms with Crippen molar-refractivity contribution in [3.8, 4) is 0 Å². The lowest BCUT2D eigenvalue weighted by molar-refractivity contribution is -0.131. The zero-order valence-corrected chi connectivity index (χ0v) is 14.8. The van der Waals surface area contributed by atoms with Gasteiger partial charge in [-0.2, -0.15) is 0 Å². The molecule has 0 aliphatic carbocycles. The van der Waals surface area contributed by atoms with Crippen molar-refractivity contribution in [2.75, 3.05) is 18.0 Å². The molecule has 1 aromatic rings. The summed E-state index contributed by atoms with van der Waals surface area (Å²) in [4.78, 5) is 13.1. The Morgan fingerprint density at radius 2 is 1.72 bits per heavy atom. The van der Waals surface area contributed by atoms with Crippen LogP contribution in [0.5, 0.6) is 0 Å². The highest BCUT2D eigenvalue weighted by atomic mass is 19.1. The average molecular weight is 341 g/mol. The van der Waals surface area contributed by atoms with Gasteiger partial charge in [0.05, 0.1) is 0 Å². The summed E-state index contributed by atoms with van der Waals surface area (Å²) in [6, 6.07) is 4.25. The predicted molar refractivity (Wildman–Crippen MR) is 99.5 cm³/mol. The van der Waals surface area contributed by atoms with E-state index >= 15 is 0 Å². The van der Waals surface area contributed by atoms with E-state index in [9.17, 15) is 9.18 Å². The maximum Gasteiger partial charge on any atom is 0.328 e. The lowest BCUT2D eigenvalue weighted by Crippen LogP contribution is -2.34. The summed E-state index contributed by atoms with van der Waals surface area (Å²) < 4.78 is 14.5. The Hall–Kier alpha value is -2.36. The van der Waals surface area contributed by atoms with E-state index in [-0.39, 0.29) is 5.83 Å². The van der Waals surface area contributed by atoms with E-state index in [1.54, 1.807) is 13.8 Å². The number of benzene rings is 1. The van der Waals surface area contributed by atoms with Gasteiger partial charge in [-0.05, 0) is 85.6 Å². The van der Waals surface area contributed by atoms with Crippen molar-refractivity contribution in [1.82, 2.24) is 0 Å². The minimum Gasteiger partial charge on any atom is -0.478 e. The first-order chi connectivity index (χ1) is 12.0. The van der Waals surface area contributed by atoms with Gasteiger partial charge in [-0.1, -0.05) is 6.08 Å². The number of carbonyl (C=O) groups is 1. The van der Waals surface area contributed by atoms with E-state index in [4.69, 9.17) is 5.11 Å². The fourth-order valence-corrected chi connectivity index (χ4v) is 3.73. The number of hydrogen-bond acceptors (Lipinski definition) is 2. The van der Waals surface area contributed by atoms with Crippen LogP contribution in [0.2, 0.25) is 0 Å². The summed E-state index contributed by atoms with van der Waals surface area (Å²) in [5.41, 5.74) is 6.07. The number of halogens is 1. The van der Waals surface area contributed by atoms with Crippen LogP contribution < -0.4 is 4.90 Å². The molecule has 0 unspecified atom stereocenters. The molecule has 132 valence electrons. The number of carboxylic acids is 1. The van der Waals surface area contributed by atoms with Crippen LogP contribution in [0, 0.1) is 0 Å². The zero-order chi connectivity index (χ0) is 18.0. The summed E-state index contributed by atoms with van der Waals surface area (Å²) in [6.07, 6.45) is 8.32. The topological polar surface area (TPSA) is 40.5 Å². The van der Waals surface area contributed by atoms with Crippen molar-refractivity contribution in [2.24, 2.45) is 0 Å². The van der Waals surface area contributed by atoms with Gasteiger partial charge < -0.3 is 10.0 Å². The van der Waals surface area contributed by atoms with Gasteiger partial charge in [-0.25, -0.2) is 9.18 Å². The number of rotatable bonds is 4. The molecule has 0 aromatic heterocycles. The van der Waals surface area contributed by atoms with Gasteiger partial charge in [0.2, 0.25) is 0 Å². The number of allylic oxidation sites excluding steroid dienone is 5. The molecule has 0 spiro atoms. The van der Waals surface area contributed by atoms with Crippen LogP contribution in [-0.4, -0.2) is 24.2 Å². The SMILES string of the molecule is CC(/C=C/C(F)=C(/C)c1cc2c3c(c1)CCCN3CCC2)=C\C(=O)O. The van der Waals surface area contributed by atoms with Crippen LogP contribution in [-0.2, 0) is 17.6 Å². The molecule has 3 rings (SSSR count). The highest BCUT2D eigenvalue weighted by Gasteiger charge is 2.24. The van der Waals surface area contributed by atoms with E-state index in [1.165, 1.54) is 29.0 Å². The van der Waals surface area contributed by atoms with Crippen molar-refractivity contribution in [1.29, 1.82) is 0 Å². The number of anilines is 1. The van der Waals surface area contributed by atoms with Crippen LogP contribution in [0.4, 0.5) is 10.1 Å². The smallest absolute Gasteiger partial charge is 0.328 e. The summed E-state index contributed by atoms with van der Waals surface area (Å²) in [7, 11) is 0. The minimum atomic E-state index is -1.03. The van der Waals surface area contributed by atoms with Crippen molar-refractivity contribution in [3.05, 3.63) is 58.5 Å². The maximum atomic E-state index is 14.5. The third kappa shape index (κ3) is 3.84. The Morgan fingerprint density at radius 1 is 1.12 bits per heavy atom. The standard InChI is InChI=1S/C21H24FNO2/c1-14(11-20(24)25)7-8-19(22)15(2)18-12-16-5-3-9-23-10-4-6-17(13-18)21(16)23/h7-8,11-13H,3-6,9-10H2,1-2H3,(H,24,25)/b8-7+,14-11+,19-15+. The van der Waals surface area contributed by atoms with Crippen LogP contribution in [0.25, 0.3) is 5.57 Å². The molecule has 2 aliphatic heterocycles. The zero-order valence-electron chi connectivity index (χ0n) is 14.8. The minimum absolute atomic E-state index is 0.325. The van der Waals surface area contributed by atoms with Crippen LogP contribution in [0.3, 0.4) is 0 Å². The molecule has 0 saturated carbocycles. The van der Waals surface area contributed by atoms with Gasteiger partial charge in [0.1, 0.15) is 5.83 Å². The highest BCUT2D eigenvalue weighted by Crippen LogP contribution is 2.38. The first-order valence-electron chi connectivity index (χ1n) is 8.82. The molecular weight excluding hydrogens is 317 g/mol. The molecule has 25 heavy (non-hydrogen) atoms. The molecule has 1 aromatic carbocycles. The maximum absolute atomic E-state index is 14.5. The summed E-state index contributed by atoms with van der Waals surface area (Å²) >= 11 is 0. The molecule has 0 saturated heterocycles. The van der Waals surface area contributed by atoms with Crippen molar-refractivity contribution in [3.63, 3.8) is 0 Å². The molecule has 0 radical (unpaired) electrons. The average Bonchev–Trinajstić information content (AvgIpc) is 2.59. The van der Waals surface area contributed by atoms with E-state index in [2.05, 4.69) is 17.0 Å². The van der Waals surface area contributed by atoms with Crippen molar-refractivity contribution < 1.29 is 14.3 Å². The van der Waals surface area contributed by atoms with Crippen LogP contribution in [0.15, 0.2) is 41.8 Å². The molecule has 0 fully saturated rings. The highest BCUT2D eigenvalue weighted by molar-refractivity contribution is 5.81. The first-order valence-corrected chi connectivity index (χ1v) is 8.82. The fraction of sp³-hybridized carbons (Fsp3) is 0.381. The predicted octanol–water partition coefficient (Wildman–Crippen LogP) is 4.67. The van der Waals surface area contributed by atoms with Crippen molar-refractivity contribution >= 4 is 17.2 Å². The first kappa shape index (κ1) is 17.5. The van der Waals surface area contributed by atoms with E-state index < -0.39 is 5.97 Å². The van der Waals surface area contributed by atoms with Gasteiger partial charge >= 0.3 is 5.97 Å². The van der Waals surface area contributed by atoms with Crippen molar-refractivity contribution in [2.45, 2.75) is 39.5 Å². The largest absolute Gasteiger partial charge is 0.478 e. The lowest BCUT2D eigenvalue weighted by Gasteiger charge is -2.37. The fourth-order valence-electron chi connectivity index (χ4n) is 3.73. The molecular formula is C21H24FNO2. The third-order valence-electron chi connectivity index (χ3n) is 4.97. The molecule has 1 N–H and O–H groups in total. The lowest BCUT2D eigenvalue weighted by atomic mass is 9.88. The molecule has 0 bridgehead atoms. The third-order valence-corrected chi connectivity index (χ3v) is 4.97. The Bertz CT molecular complexity index is 758. The second kappa shape index (κ2) is 7.26. The summed E-state index contributed by atoms with van der Waals surface area (Å²) in [5, 5.41) is 8.71. The van der Waals surface area contributed by atoms with Gasteiger partial charge in [-0.3, -0.25) is 0 Å².